The largest absolute Gasteiger partial charge is 0.488 e. The first kappa shape index (κ1) is 16.4. The number of hydrogen-bond donors (Lipinski definition) is 2. The van der Waals surface area contributed by atoms with Gasteiger partial charge in [-0.05, 0) is 37.8 Å². The molecule has 8 heteroatoms. The first-order chi connectivity index (χ1) is 12.7. The van der Waals surface area contributed by atoms with Crippen LogP contribution in [0.4, 0.5) is 15.9 Å². The van der Waals surface area contributed by atoms with E-state index in [1.54, 1.807) is 30.6 Å². The minimum absolute atomic E-state index is 0.0854. The van der Waals surface area contributed by atoms with Crippen molar-refractivity contribution >= 4 is 22.5 Å². The van der Waals surface area contributed by atoms with Crippen LogP contribution in [-0.2, 0) is 0 Å². The van der Waals surface area contributed by atoms with Crippen molar-refractivity contribution in [1.82, 2.24) is 19.9 Å². The van der Waals surface area contributed by atoms with Gasteiger partial charge in [-0.2, -0.15) is 9.37 Å². The van der Waals surface area contributed by atoms with E-state index in [1.807, 2.05) is 0 Å². The fraction of sp³-hybridized carbons (Fsp3) is 0.333. The van der Waals surface area contributed by atoms with Crippen molar-refractivity contribution in [1.29, 1.82) is 0 Å². The number of benzene rings is 1. The SMILES string of the molecule is Nc1cc(OC2CCC(Nc3ccnc(F)n3)CC2)c2nccnc2c1. The molecule has 1 aliphatic rings. The van der Waals surface area contributed by atoms with Gasteiger partial charge in [0.2, 0.25) is 0 Å². The molecular weight excluding hydrogens is 335 g/mol. The average molecular weight is 354 g/mol. The summed E-state index contributed by atoms with van der Waals surface area (Å²) >= 11 is 0. The second-order valence-electron chi connectivity index (χ2n) is 6.39. The predicted molar refractivity (Wildman–Crippen MR) is 96.2 cm³/mol. The number of rotatable bonds is 4. The fourth-order valence-electron chi connectivity index (χ4n) is 3.28. The van der Waals surface area contributed by atoms with Crippen LogP contribution >= 0.6 is 0 Å². The van der Waals surface area contributed by atoms with Crippen LogP contribution in [-0.4, -0.2) is 32.1 Å². The number of nitrogens with zero attached hydrogens (tertiary/aromatic N) is 4. The van der Waals surface area contributed by atoms with E-state index >= 15 is 0 Å². The maximum Gasteiger partial charge on any atom is 0.310 e. The van der Waals surface area contributed by atoms with Crippen molar-refractivity contribution < 1.29 is 9.13 Å². The predicted octanol–water partition coefficient (Wildman–Crippen LogP) is 2.94. The third kappa shape index (κ3) is 3.63. The maximum atomic E-state index is 13.1. The van der Waals surface area contributed by atoms with Crippen LogP contribution in [0.2, 0.25) is 0 Å². The van der Waals surface area contributed by atoms with Crippen LogP contribution in [0.5, 0.6) is 5.75 Å². The quantitative estimate of drug-likeness (QED) is 0.549. The van der Waals surface area contributed by atoms with Crippen LogP contribution in [0.25, 0.3) is 11.0 Å². The lowest BCUT2D eigenvalue weighted by Crippen LogP contribution is -2.31. The van der Waals surface area contributed by atoms with E-state index < -0.39 is 6.08 Å². The Bertz CT molecular complexity index is 913. The Labute approximate surface area is 149 Å². The van der Waals surface area contributed by atoms with Crippen LogP contribution in [0.15, 0.2) is 36.8 Å². The summed E-state index contributed by atoms with van der Waals surface area (Å²) in [5, 5.41) is 3.26. The molecule has 3 aromatic rings. The second-order valence-corrected chi connectivity index (χ2v) is 6.39. The van der Waals surface area contributed by atoms with E-state index in [0.29, 0.717) is 17.3 Å². The molecule has 3 N–H and O–H groups in total. The minimum Gasteiger partial charge on any atom is -0.488 e. The van der Waals surface area contributed by atoms with Crippen molar-refractivity contribution in [2.45, 2.75) is 37.8 Å². The monoisotopic (exact) mass is 354 g/mol. The molecule has 0 amide bonds. The molecule has 0 unspecified atom stereocenters. The van der Waals surface area contributed by atoms with E-state index in [2.05, 4.69) is 25.3 Å². The number of nitrogens with two attached hydrogens (primary N) is 1. The summed E-state index contributed by atoms with van der Waals surface area (Å²) in [6.45, 7) is 0. The number of aromatic nitrogens is 4. The van der Waals surface area contributed by atoms with Crippen LogP contribution in [0.1, 0.15) is 25.7 Å². The molecule has 134 valence electrons. The van der Waals surface area contributed by atoms with Gasteiger partial charge in [0.25, 0.3) is 0 Å². The molecule has 1 aromatic carbocycles. The Hall–Kier alpha value is -3.03. The van der Waals surface area contributed by atoms with Gasteiger partial charge in [-0.15, -0.1) is 0 Å². The van der Waals surface area contributed by atoms with Gasteiger partial charge in [0.15, 0.2) is 0 Å². The smallest absolute Gasteiger partial charge is 0.310 e. The Balaban J connectivity index is 1.40. The van der Waals surface area contributed by atoms with Gasteiger partial charge in [-0.1, -0.05) is 0 Å². The van der Waals surface area contributed by atoms with Crippen LogP contribution in [0.3, 0.4) is 0 Å². The van der Waals surface area contributed by atoms with E-state index in [4.69, 9.17) is 10.5 Å². The molecule has 0 aliphatic heterocycles. The molecule has 0 radical (unpaired) electrons. The van der Waals surface area contributed by atoms with Crippen molar-refractivity contribution in [2.24, 2.45) is 0 Å². The summed E-state index contributed by atoms with van der Waals surface area (Å²) in [5.74, 6) is 1.18. The number of halogens is 1. The Morgan fingerprint density at radius 1 is 1.04 bits per heavy atom. The van der Waals surface area contributed by atoms with Gasteiger partial charge in [-0.3, -0.25) is 4.98 Å². The molecule has 1 aliphatic carbocycles. The number of nitrogens with one attached hydrogen (secondary N) is 1. The highest BCUT2D eigenvalue weighted by Gasteiger charge is 2.23. The molecule has 2 heterocycles. The van der Waals surface area contributed by atoms with E-state index in [0.717, 1.165) is 36.7 Å². The average Bonchev–Trinajstić information content (AvgIpc) is 2.63. The topological polar surface area (TPSA) is 98.8 Å². The lowest BCUT2D eigenvalue weighted by Gasteiger charge is -2.30. The zero-order chi connectivity index (χ0) is 17.9. The third-order valence-electron chi connectivity index (χ3n) is 4.51. The van der Waals surface area contributed by atoms with Gasteiger partial charge in [0, 0.05) is 36.4 Å². The van der Waals surface area contributed by atoms with Gasteiger partial charge in [0.05, 0.1) is 11.6 Å². The second kappa shape index (κ2) is 7.07. The zero-order valence-electron chi connectivity index (χ0n) is 14.1. The molecular formula is C18H19FN6O. The van der Waals surface area contributed by atoms with Crippen molar-refractivity contribution in [3.63, 3.8) is 0 Å². The molecule has 1 saturated carbocycles. The van der Waals surface area contributed by atoms with E-state index in [-0.39, 0.29) is 12.1 Å². The summed E-state index contributed by atoms with van der Waals surface area (Å²) in [6, 6.07) is 5.49. The molecule has 7 nitrogen and oxygen atoms in total. The Kier molecular flexibility index (Phi) is 4.47. The molecule has 0 atom stereocenters. The standard InChI is InChI=1S/C18H19FN6O/c19-18-23-6-5-16(25-18)24-12-1-3-13(4-2-12)26-15-10-11(20)9-14-17(15)22-8-7-21-14/h5-10,12-13H,1-4,20H2,(H,23,24,25). The number of ether oxygens (including phenoxy) is 1. The summed E-state index contributed by atoms with van der Waals surface area (Å²) in [6.07, 6.45) is 7.62. The molecule has 4 rings (SSSR count). The highest BCUT2D eigenvalue weighted by atomic mass is 19.1. The molecule has 2 aromatic heterocycles. The van der Waals surface area contributed by atoms with Crippen molar-refractivity contribution in [2.75, 3.05) is 11.1 Å². The zero-order valence-corrected chi connectivity index (χ0v) is 14.1. The Morgan fingerprint density at radius 3 is 2.65 bits per heavy atom. The molecule has 26 heavy (non-hydrogen) atoms. The fourth-order valence-corrected chi connectivity index (χ4v) is 3.28. The van der Waals surface area contributed by atoms with Crippen LogP contribution in [0, 0.1) is 6.08 Å². The van der Waals surface area contributed by atoms with Crippen LogP contribution < -0.4 is 15.8 Å². The van der Waals surface area contributed by atoms with Gasteiger partial charge in [-0.25, -0.2) is 9.97 Å². The number of nitrogen functional groups attached to an aromatic ring is 1. The van der Waals surface area contributed by atoms with Crippen molar-refractivity contribution in [3.05, 3.63) is 42.9 Å². The van der Waals surface area contributed by atoms with Gasteiger partial charge in [0.1, 0.15) is 17.1 Å². The molecule has 1 fully saturated rings. The molecule has 0 spiro atoms. The van der Waals surface area contributed by atoms with Gasteiger partial charge < -0.3 is 15.8 Å². The molecule has 0 saturated heterocycles. The van der Waals surface area contributed by atoms with Crippen molar-refractivity contribution in [3.8, 4) is 5.75 Å². The summed E-state index contributed by atoms with van der Waals surface area (Å²) < 4.78 is 19.3. The summed E-state index contributed by atoms with van der Waals surface area (Å²) in [7, 11) is 0. The third-order valence-corrected chi connectivity index (χ3v) is 4.51. The minimum atomic E-state index is -0.721. The van der Waals surface area contributed by atoms with E-state index in [9.17, 15) is 4.39 Å². The highest BCUT2D eigenvalue weighted by molar-refractivity contribution is 5.84. The maximum absolute atomic E-state index is 13.1. The first-order valence-corrected chi connectivity index (χ1v) is 8.59. The lowest BCUT2D eigenvalue weighted by molar-refractivity contribution is 0.152. The number of fused-ring (bicyclic) bond motifs is 1. The number of hydrogen-bond acceptors (Lipinski definition) is 7. The highest BCUT2D eigenvalue weighted by Crippen LogP contribution is 2.30. The van der Waals surface area contributed by atoms with Gasteiger partial charge >= 0.3 is 6.08 Å². The number of anilines is 2. The lowest BCUT2D eigenvalue weighted by atomic mass is 9.93. The van der Waals surface area contributed by atoms with E-state index in [1.165, 1.54) is 6.20 Å². The normalized spacial score (nSPS) is 20.0. The Morgan fingerprint density at radius 2 is 1.85 bits per heavy atom. The summed E-state index contributed by atoms with van der Waals surface area (Å²) in [5.41, 5.74) is 8.00. The summed E-state index contributed by atoms with van der Waals surface area (Å²) in [4.78, 5) is 15.9. The first-order valence-electron chi connectivity index (χ1n) is 8.59. The molecule has 0 bridgehead atoms.